The lowest BCUT2D eigenvalue weighted by molar-refractivity contribution is 0.0606. The van der Waals surface area contributed by atoms with Crippen LogP contribution in [-0.4, -0.2) is 37.1 Å². The van der Waals surface area contributed by atoms with E-state index in [2.05, 4.69) is 20.4 Å². The van der Waals surface area contributed by atoms with Crippen molar-refractivity contribution in [1.82, 2.24) is 10.3 Å². The van der Waals surface area contributed by atoms with Crippen molar-refractivity contribution in [3.8, 4) is 0 Å². The molecule has 6 nitrogen and oxygen atoms in total. The Morgan fingerprint density at radius 1 is 1.13 bits per heavy atom. The third kappa shape index (κ3) is 5.37. The van der Waals surface area contributed by atoms with E-state index >= 15 is 0 Å². The summed E-state index contributed by atoms with van der Waals surface area (Å²) in [6, 6.07) is 8.95. The zero-order chi connectivity index (χ0) is 16.5. The Kier molecular flexibility index (Phi) is 6.56. The third-order valence-electron chi connectivity index (χ3n) is 3.08. The Morgan fingerprint density at radius 2 is 1.91 bits per heavy atom. The zero-order valence-corrected chi connectivity index (χ0v) is 13.7. The molecule has 0 spiro atoms. The molecular formula is C16H19N3O3S. The summed E-state index contributed by atoms with van der Waals surface area (Å²) in [5.41, 5.74) is 0. The van der Waals surface area contributed by atoms with Crippen molar-refractivity contribution in [2.75, 3.05) is 25.5 Å². The molecular weight excluding hydrogens is 314 g/mol. The number of rotatable bonds is 8. The Hall–Kier alpha value is -2.41. The van der Waals surface area contributed by atoms with E-state index in [1.807, 2.05) is 18.2 Å². The molecule has 2 rings (SSSR count). The van der Waals surface area contributed by atoms with Gasteiger partial charge in [0.05, 0.1) is 12.0 Å². The van der Waals surface area contributed by atoms with Gasteiger partial charge < -0.3 is 15.4 Å². The van der Waals surface area contributed by atoms with E-state index in [9.17, 15) is 9.59 Å². The van der Waals surface area contributed by atoms with Gasteiger partial charge in [0.2, 0.25) is 0 Å². The molecule has 0 aliphatic heterocycles. The van der Waals surface area contributed by atoms with Gasteiger partial charge in [0.25, 0.3) is 5.91 Å². The van der Waals surface area contributed by atoms with Crippen molar-refractivity contribution in [3.63, 3.8) is 0 Å². The number of carbonyl (C=O) groups excluding carboxylic acids is 2. The number of hydrogen-bond acceptors (Lipinski definition) is 6. The number of hydrogen-bond donors (Lipinski definition) is 2. The molecule has 0 saturated heterocycles. The fraction of sp³-hybridized carbons (Fsp3) is 0.312. The summed E-state index contributed by atoms with van der Waals surface area (Å²) in [4.78, 5) is 28.4. The predicted molar refractivity (Wildman–Crippen MR) is 90.0 cm³/mol. The maximum Gasteiger partial charge on any atom is 0.348 e. The van der Waals surface area contributed by atoms with E-state index in [1.54, 1.807) is 18.3 Å². The molecule has 1 amide bonds. The number of carbonyl (C=O) groups is 2. The predicted octanol–water partition coefficient (Wildman–Crippen LogP) is 2.55. The lowest BCUT2D eigenvalue weighted by Gasteiger charge is -2.06. The fourth-order valence-electron chi connectivity index (χ4n) is 1.89. The van der Waals surface area contributed by atoms with Crippen LogP contribution in [-0.2, 0) is 4.74 Å². The topological polar surface area (TPSA) is 80.3 Å². The summed E-state index contributed by atoms with van der Waals surface area (Å²) in [6.07, 6.45) is 3.53. The Bertz CT molecular complexity index is 643. The molecule has 0 fully saturated rings. The molecule has 2 aromatic rings. The summed E-state index contributed by atoms with van der Waals surface area (Å²) in [7, 11) is 1.32. The van der Waals surface area contributed by atoms with Crippen molar-refractivity contribution >= 4 is 29.0 Å². The van der Waals surface area contributed by atoms with Crippen LogP contribution in [0.25, 0.3) is 0 Å². The number of esters is 1. The number of aromatic nitrogens is 1. The summed E-state index contributed by atoms with van der Waals surface area (Å²) in [6.45, 7) is 1.40. The third-order valence-corrected chi connectivity index (χ3v) is 4.14. The van der Waals surface area contributed by atoms with Gasteiger partial charge in [-0.05, 0) is 37.1 Å². The monoisotopic (exact) mass is 333 g/mol. The van der Waals surface area contributed by atoms with Crippen molar-refractivity contribution in [2.45, 2.75) is 12.8 Å². The molecule has 0 unspecified atom stereocenters. The van der Waals surface area contributed by atoms with Gasteiger partial charge in [0.1, 0.15) is 10.7 Å². The standard InChI is InChI=1S/C16H19N3O3S/c1-22-16(21)13-8-7-12(23-13)15(20)19-11-5-4-10-18-14-6-2-3-9-17-14/h2-3,6-9H,4-5,10-11H2,1H3,(H,17,18)(H,19,20). The smallest absolute Gasteiger partial charge is 0.348 e. The van der Waals surface area contributed by atoms with Crippen molar-refractivity contribution in [3.05, 3.63) is 46.3 Å². The molecule has 23 heavy (non-hydrogen) atoms. The lowest BCUT2D eigenvalue weighted by Crippen LogP contribution is -2.23. The second kappa shape index (κ2) is 8.89. The number of nitrogens with zero attached hydrogens (tertiary/aromatic N) is 1. The van der Waals surface area contributed by atoms with E-state index in [1.165, 1.54) is 7.11 Å². The molecule has 122 valence electrons. The van der Waals surface area contributed by atoms with Gasteiger partial charge in [-0.3, -0.25) is 4.79 Å². The van der Waals surface area contributed by atoms with E-state index in [0.29, 0.717) is 16.3 Å². The highest BCUT2D eigenvalue weighted by Gasteiger charge is 2.13. The molecule has 7 heteroatoms. The Morgan fingerprint density at radius 3 is 2.65 bits per heavy atom. The van der Waals surface area contributed by atoms with E-state index in [-0.39, 0.29) is 5.91 Å². The first kappa shape index (κ1) is 17.0. The van der Waals surface area contributed by atoms with Crippen LogP contribution in [0.1, 0.15) is 32.2 Å². The fourth-order valence-corrected chi connectivity index (χ4v) is 2.73. The zero-order valence-electron chi connectivity index (χ0n) is 12.9. The van der Waals surface area contributed by atoms with Crippen molar-refractivity contribution < 1.29 is 14.3 Å². The van der Waals surface area contributed by atoms with Gasteiger partial charge in [-0.15, -0.1) is 11.3 Å². The molecule has 0 aromatic carbocycles. The van der Waals surface area contributed by atoms with Crippen molar-refractivity contribution in [2.24, 2.45) is 0 Å². The molecule has 0 bridgehead atoms. The average Bonchev–Trinajstić information content (AvgIpc) is 3.08. The van der Waals surface area contributed by atoms with Gasteiger partial charge in [0, 0.05) is 19.3 Å². The van der Waals surface area contributed by atoms with Crippen LogP contribution in [0.15, 0.2) is 36.5 Å². The van der Waals surface area contributed by atoms with Crippen LogP contribution in [0.3, 0.4) is 0 Å². The first-order valence-electron chi connectivity index (χ1n) is 7.32. The minimum absolute atomic E-state index is 0.164. The molecule has 2 aromatic heterocycles. The Balaban J connectivity index is 1.63. The Labute approximate surface area is 138 Å². The second-order valence-corrected chi connectivity index (χ2v) is 5.84. The van der Waals surface area contributed by atoms with Gasteiger partial charge in [-0.1, -0.05) is 6.07 Å². The maximum atomic E-state index is 11.9. The summed E-state index contributed by atoms with van der Waals surface area (Å²) in [5.74, 6) is 0.267. The van der Waals surface area contributed by atoms with Crippen LogP contribution in [0.5, 0.6) is 0 Å². The number of amides is 1. The number of ether oxygens (including phenoxy) is 1. The van der Waals surface area contributed by atoms with E-state index in [0.717, 1.165) is 36.5 Å². The number of unbranched alkanes of at least 4 members (excludes halogenated alkanes) is 1. The number of methoxy groups -OCH3 is 1. The summed E-state index contributed by atoms with van der Waals surface area (Å²) >= 11 is 1.13. The summed E-state index contributed by atoms with van der Waals surface area (Å²) in [5, 5.41) is 6.06. The van der Waals surface area contributed by atoms with Gasteiger partial charge >= 0.3 is 5.97 Å². The normalized spacial score (nSPS) is 10.1. The largest absolute Gasteiger partial charge is 0.465 e. The minimum Gasteiger partial charge on any atom is -0.465 e. The number of thiophene rings is 1. The SMILES string of the molecule is COC(=O)c1ccc(C(=O)NCCCCNc2ccccn2)s1. The lowest BCUT2D eigenvalue weighted by atomic mass is 10.3. The molecule has 0 radical (unpaired) electrons. The van der Waals surface area contributed by atoms with E-state index < -0.39 is 5.97 Å². The molecule has 0 aliphatic rings. The van der Waals surface area contributed by atoms with Crippen LogP contribution in [0.4, 0.5) is 5.82 Å². The minimum atomic E-state index is -0.422. The van der Waals surface area contributed by atoms with Gasteiger partial charge in [0.15, 0.2) is 0 Å². The number of anilines is 1. The first-order valence-corrected chi connectivity index (χ1v) is 8.13. The molecule has 0 atom stereocenters. The first-order chi connectivity index (χ1) is 11.2. The number of nitrogens with one attached hydrogen (secondary N) is 2. The molecule has 2 heterocycles. The van der Waals surface area contributed by atoms with Crippen LogP contribution >= 0.6 is 11.3 Å². The molecule has 0 saturated carbocycles. The number of pyridine rings is 1. The van der Waals surface area contributed by atoms with Crippen LogP contribution < -0.4 is 10.6 Å². The molecule has 0 aliphatic carbocycles. The quantitative estimate of drug-likeness (QED) is 0.573. The summed E-state index contributed by atoms with van der Waals surface area (Å²) < 4.78 is 4.62. The van der Waals surface area contributed by atoms with Gasteiger partial charge in [-0.25, -0.2) is 9.78 Å². The van der Waals surface area contributed by atoms with E-state index in [4.69, 9.17) is 0 Å². The highest BCUT2D eigenvalue weighted by molar-refractivity contribution is 7.15. The average molecular weight is 333 g/mol. The molecule has 2 N–H and O–H groups in total. The highest BCUT2D eigenvalue weighted by Crippen LogP contribution is 2.17. The van der Waals surface area contributed by atoms with Crippen molar-refractivity contribution in [1.29, 1.82) is 0 Å². The van der Waals surface area contributed by atoms with Crippen LogP contribution in [0, 0.1) is 0 Å². The van der Waals surface area contributed by atoms with Gasteiger partial charge in [-0.2, -0.15) is 0 Å². The maximum absolute atomic E-state index is 11.9. The second-order valence-electron chi connectivity index (χ2n) is 4.76. The van der Waals surface area contributed by atoms with Crippen LogP contribution in [0.2, 0.25) is 0 Å². The highest BCUT2D eigenvalue weighted by atomic mass is 32.1.